The third-order valence-corrected chi connectivity index (χ3v) is 9.44. The number of alkyl halides is 1. The Kier molecular flexibility index (Phi) is 25.9. The molecule has 8 nitrogen and oxygen atoms in total. The maximum Gasteiger partial charge on any atom is 0.407 e. The number of carbonyl (C=O) groups is 2. The molecule has 0 fully saturated rings. The molecular formula is C29H57IN2O6S. The summed E-state index contributed by atoms with van der Waals surface area (Å²) in [6, 6.07) is 0. The number of sulfonamides is 1. The van der Waals surface area contributed by atoms with Gasteiger partial charge in [0.15, 0.2) is 0 Å². The van der Waals surface area contributed by atoms with E-state index < -0.39 is 27.9 Å². The van der Waals surface area contributed by atoms with Gasteiger partial charge in [0.25, 0.3) is 0 Å². The van der Waals surface area contributed by atoms with Gasteiger partial charge in [-0.1, -0.05) is 126 Å². The lowest BCUT2D eigenvalue weighted by Crippen LogP contribution is -2.42. The second kappa shape index (κ2) is 26.3. The standard InChI is InChI=1S/C29H57IN2O6S/c1-4-5-6-7-8-9-10-11-12-13-14-15-16-17-18-19-22-31-29(34)38-26-28(25-37-3)24-32(27(2)33)39(35,36)23-20-21-30/h28H,4-26H2,1-3H3,(H,31,34). The van der Waals surface area contributed by atoms with Crippen molar-refractivity contribution in [1.82, 2.24) is 9.62 Å². The number of rotatable bonds is 27. The van der Waals surface area contributed by atoms with Gasteiger partial charge in [-0.25, -0.2) is 17.5 Å². The van der Waals surface area contributed by atoms with Crippen LogP contribution in [0.5, 0.6) is 0 Å². The number of unbranched alkanes of at least 4 members (excludes halogenated alkanes) is 15. The first-order valence-electron chi connectivity index (χ1n) is 15.2. The lowest BCUT2D eigenvalue weighted by Gasteiger charge is -2.25. The zero-order valence-corrected chi connectivity index (χ0v) is 28.0. The molecule has 0 aliphatic carbocycles. The van der Waals surface area contributed by atoms with Gasteiger partial charge < -0.3 is 14.8 Å². The normalized spacial score (nSPS) is 12.3. The van der Waals surface area contributed by atoms with Gasteiger partial charge in [-0.3, -0.25) is 4.79 Å². The van der Waals surface area contributed by atoms with Crippen LogP contribution in [-0.4, -0.2) is 68.3 Å². The fraction of sp³-hybridized carbons (Fsp3) is 0.931. The Hall–Kier alpha value is -0.620. The molecule has 1 atom stereocenters. The van der Waals surface area contributed by atoms with E-state index in [-0.39, 0.29) is 25.5 Å². The van der Waals surface area contributed by atoms with E-state index in [0.717, 1.165) is 17.1 Å². The van der Waals surface area contributed by atoms with Crippen LogP contribution in [0.4, 0.5) is 4.79 Å². The number of nitrogens with one attached hydrogen (secondary N) is 1. The van der Waals surface area contributed by atoms with E-state index in [2.05, 4.69) is 34.8 Å². The second-order valence-electron chi connectivity index (χ2n) is 10.6. The summed E-state index contributed by atoms with van der Waals surface area (Å²) in [5.41, 5.74) is 0. The lowest BCUT2D eigenvalue weighted by atomic mass is 10.0. The number of halogens is 1. The Balaban J connectivity index is 3.89. The quantitative estimate of drug-likeness (QED) is 0.0555. The molecule has 0 bridgehead atoms. The Labute approximate surface area is 253 Å². The Bertz CT molecular complexity index is 708. The highest BCUT2D eigenvalue weighted by Gasteiger charge is 2.28. The monoisotopic (exact) mass is 688 g/mol. The summed E-state index contributed by atoms with van der Waals surface area (Å²) in [5, 5.41) is 2.76. The molecule has 0 saturated carbocycles. The van der Waals surface area contributed by atoms with Gasteiger partial charge >= 0.3 is 6.09 Å². The van der Waals surface area contributed by atoms with Crippen molar-refractivity contribution in [2.45, 2.75) is 123 Å². The highest BCUT2D eigenvalue weighted by Crippen LogP contribution is 2.14. The molecule has 0 saturated heterocycles. The molecule has 0 rings (SSSR count). The third kappa shape index (κ3) is 22.7. The van der Waals surface area contributed by atoms with Crippen LogP contribution in [0, 0.1) is 5.92 Å². The van der Waals surface area contributed by atoms with E-state index in [1.807, 2.05) is 0 Å². The zero-order chi connectivity index (χ0) is 29.2. The first-order chi connectivity index (χ1) is 18.8. The molecule has 0 aliphatic rings. The van der Waals surface area contributed by atoms with E-state index >= 15 is 0 Å². The number of hydrogen-bond donors (Lipinski definition) is 1. The van der Waals surface area contributed by atoms with Crippen molar-refractivity contribution in [3.8, 4) is 0 Å². The van der Waals surface area contributed by atoms with Crippen molar-refractivity contribution in [3.05, 3.63) is 0 Å². The second-order valence-corrected chi connectivity index (χ2v) is 13.7. The van der Waals surface area contributed by atoms with Crippen LogP contribution in [0.25, 0.3) is 0 Å². The molecule has 39 heavy (non-hydrogen) atoms. The summed E-state index contributed by atoms with van der Waals surface area (Å²) < 4.78 is 37.1. The number of amides is 2. The van der Waals surface area contributed by atoms with E-state index in [1.165, 1.54) is 104 Å². The molecule has 0 aromatic rings. The van der Waals surface area contributed by atoms with Crippen LogP contribution in [0.3, 0.4) is 0 Å². The van der Waals surface area contributed by atoms with Crippen LogP contribution in [0.2, 0.25) is 0 Å². The van der Waals surface area contributed by atoms with E-state index in [4.69, 9.17) is 9.47 Å². The van der Waals surface area contributed by atoms with Crippen molar-refractivity contribution in [2.24, 2.45) is 5.92 Å². The number of carbonyl (C=O) groups excluding carboxylic acids is 2. The van der Waals surface area contributed by atoms with Gasteiger partial charge in [0.2, 0.25) is 15.9 Å². The van der Waals surface area contributed by atoms with Crippen LogP contribution < -0.4 is 5.32 Å². The van der Waals surface area contributed by atoms with Gasteiger partial charge in [0.1, 0.15) is 0 Å². The third-order valence-electron chi connectivity index (χ3n) is 6.80. The maximum atomic E-state index is 12.5. The summed E-state index contributed by atoms with van der Waals surface area (Å²) in [7, 11) is -2.21. The number of hydrogen-bond acceptors (Lipinski definition) is 6. The number of nitrogens with zero attached hydrogens (tertiary/aromatic N) is 1. The SMILES string of the molecule is CCCCCCCCCCCCCCCCCCNC(=O)OCC(COC)CN(C(C)=O)S(=O)(=O)CCCI. The molecule has 1 N–H and O–H groups in total. The molecule has 0 aliphatic heterocycles. The molecule has 0 radical (unpaired) electrons. The average molecular weight is 689 g/mol. The molecule has 232 valence electrons. The minimum Gasteiger partial charge on any atom is -0.449 e. The van der Waals surface area contributed by atoms with E-state index in [0.29, 0.717) is 17.4 Å². The van der Waals surface area contributed by atoms with Gasteiger partial charge in [-0.2, -0.15) is 0 Å². The smallest absolute Gasteiger partial charge is 0.407 e. The summed E-state index contributed by atoms with van der Waals surface area (Å²) in [4.78, 5) is 24.1. The van der Waals surface area contributed by atoms with Crippen molar-refractivity contribution >= 4 is 44.6 Å². The van der Waals surface area contributed by atoms with Gasteiger partial charge in [0, 0.05) is 37.5 Å². The molecule has 10 heteroatoms. The van der Waals surface area contributed by atoms with Crippen molar-refractivity contribution in [3.63, 3.8) is 0 Å². The first kappa shape index (κ1) is 38.4. The summed E-state index contributed by atoms with van der Waals surface area (Å²) in [5.74, 6) is -1.07. The summed E-state index contributed by atoms with van der Waals surface area (Å²) in [6.45, 7) is 4.14. The van der Waals surface area contributed by atoms with Gasteiger partial charge in [-0.05, 0) is 12.8 Å². The lowest BCUT2D eigenvalue weighted by molar-refractivity contribution is -0.124. The summed E-state index contributed by atoms with van der Waals surface area (Å²) in [6.07, 6.45) is 20.8. The zero-order valence-electron chi connectivity index (χ0n) is 25.0. The molecule has 0 aromatic carbocycles. The Morgan fingerprint density at radius 1 is 0.795 bits per heavy atom. The van der Waals surface area contributed by atoms with Crippen LogP contribution in [0.1, 0.15) is 123 Å². The number of methoxy groups -OCH3 is 1. The van der Waals surface area contributed by atoms with Gasteiger partial charge in [0.05, 0.1) is 19.0 Å². The molecule has 0 heterocycles. The van der Waals surface area contributed by atoms with Crippen molar-refractivity contribution in [2.75, 3.05) is 43.6 Å². The number of ether oxygens (including phenoxy) is 2. The predicted octanol–water partition coefficient (Wildman–Crippen LogP) is 7.24. The minimum absolute atomic E-state index is 0.0236. The van der Waals surface area contributed by atoms with E-state index in [1.54, 1.807) is 0 Å². The topological polar surface area (TPSA) is 102 Å². The minimum atomic E-state index is -3.71. The van der Waals surface area contributed by atoms with Gasteiger partial charge in [-0.15, -0.1) is 0 Å². The largest absolute Gasteiger partial charge is 0.449 e. The van der Waals surface area contributed by atoms with Crippen molar-refractivity contribution < 1.29 is 27.5 Å². The number of alkyl carbamates (subject to hydrolysis) is 1. The average Bonchev–Trinajstić information content (AvgIpc) is 2.90. The first-order valence-corrected chi connectivity index (χ1v) is 18.4. The Morgan fingerprint density at radius 3 is 1.72 bits per heavy atom. The van der Waals surface area contributed by atoms with Crippen molar-refractivity contribution in [1.29, 1.82) is 0 Å². The van der Waals surface area contributed by atoms with Crippen LogP contribution in [0.15, 0.2) is 0 Å². The Morgan fingerprint density at radius 2 is 1.28 bits per heavy atom. The maximum absolute atomic E-state index is 12.5. The molecular weight excluding hydrogens is 631 g/mol. The molecule has 0 aromatic heterocycles. The molecule has 1 unspecified atom stereocenters. The molecule has 0 spiro atoms. The van der Waals surface area contributed by atoms with E-state index in [9.17, 15) is 18.0 Å². The van der Waals surface area contributed by atoms with Crippen LogP contribution >= 0.6 is 22.6 Å². The fourth-order valence-electron chi connectivity index (χ4n) is 4.52. The highest BCUT2D eigenvalue weighted by molar-refractivity contribution is 14.1. The van der Waals surface area contributed by atoms with Crippen LogP contribution in [-0.2, 0) is 24.3 Å². The summed E-state index contributed by atoms with van der Waals surface area (Å²) >= 11 is 2.11. The fourth-order valence-corrected chi connectivity index (χ4v) is 6.98. The highest BCUT2D eigenvalue weighted by atomic mass is 127. The molecule has 2 amide bonds. The predicted molar refractivity (Wildman–Crippen MR) is 169 cm³/mol.